The van der Waals surface area contributed by atoms with Crippen molar-refractivity contribution in [1.82, 2.24) is 15.5 Å². The van der Waals surface area contributed by atoms with Gasteiger partial charge in [-0.3, -0.25) is 9.59 Å². The van der Waals surface area contributed by atoms with Gasteiger partial charge >= 0.3 is 6.09 Å². The summed E-state index contributed by atoms with van der Waals surface area (Å²) in [5.41, 5.74) is 0.721. The first-order chi connectivity index (χ1) is 12.7. The summed E-state index contributed by atoms with van der Waals surface area (Å²) >= 11 is 0. The molecule has 0 atom stereocenters. The first-order valence-corrected chi connectivity index (χ1v) is 9.97. The molecule has 0 spiro atoms. The molecular formula is C20H33N3O4. The lowest BCUT2D eigenvalue weighted by molar-refractivity contribution is -0.127. The van der Waals surface area contributed by atoms with E-state index < -0.39 is 11.7 Å². The molecule has 1 heterocycles. The summed E-state index contributed by atoms with van der Waals surface area (Å²) in [5, 5.41) is 5.57. The maximum absolute atomic E-state index is 12.3. The van der Waals surface area contributed by atoms with Crippen LogP contribution in [0.2, 0.25) is 0 Å². The van der Waals surface area contributed by atoms with E-state index in [9.17, 15) is 14.4 Å². The Morgan fingerprint density at radius 2 is 1.78 bits per heavy atom. The van der Waals surface area contributed by atoms with E-state index >= 15 is 0 Å². The van der Waals surface area contributed by atoms with Crippen LogP contribution in [0.25, 0.3) is 0 Å². The van der Waals surface area contributed by atoms with Gasteiger partial charge in [0.1, 0.15) is 5.60 Å². The molecule has 1 aliphatic carbocycles. The molecule has 0 radical (unpaired) electrons. The fourth-order valence-electron chi connectivity index (χ4n) is 3.38. The molecule has 1 saturated carbocycles. The van der Waals surface area contributed by atoms with Crippen molar-refractivity contribution in [2.45, 2.75) is 77.4 Å². The van der Waals surface area contributed by atoms with Crippen LogP contribution in [0.5, 0.6) is 0 Å². The largest absolute Gasteiger partial charge is 0.444 e. The van der Waals surface area contributed by atoms with Crippen molar-refractivity contribution in [3.63, 3.8) is 0 Å². The molecule has 3 amide bonds. The predicted molar refractivity (Wildman–Crippen MR) is 103 cm³/mol. The van der Waals surface area contributed by atoms with Crippen molar-refractivity contribution in [2.24, 2.45) is 0 Å². The number of hydrogen-bond acceptors (Lipinski definition) is 4. The summed E-state index contributed by atoms with van der Waals surface area (Å²) in [6.07, 6.45) is 7.52. The van der Waals surface area contributed by atoms with Crippen LogP contribution < -0.4 is 10.6 Å². The van der Waals surface area contributed by atoms with Crippen molar-refractivity contribution in [3.05, 3.63) is 11.6 Å². The lowest BCUT2D eigenvalue weighted by Gasteiger charge is -2.32. The third kappa shape index (κ3) is 8.01. The molecule has 1 aliphatic heterocycles. The average Bonchev–Trinajstić information content (AvgIpc) is 3.06. The maximum Gasteiger partial charge on any atom is 0.407 e. The summed E-state index contributed by atoms with van der Waals surface area (Å²) in [6, 6.07) is 0.0854. The Morgan fingerprint density at radius 1 is 1.15 bits per heavy atom. The van der Waals surface area contributed by atoms with Crippen LogP contribution >= 0.6 is 0 Å². The lowest BCUT2D eigenvalue weighted by Crippen LogP contribution is -2.46. The normalized spacial score (nSPS) is 18.2. The van der Waals surface area contributed by atoms with Crippen molar-refractivity contribution < 1.29 is 19.1 Å². The standard InChI is InChI=1S/C20H33N3O4/c1-20(2,3)27-19(26)21-11-8-17(24)22-16-9-12-23(13-10-16)18(25)14-15-6-4-5-7-15/h14,16H,4-13H2,1-3H3,(H,21,26)(H,22,24). The molecule has 152 valence electrons. The molecule has 0 aromatic rings. The molecule has 7 heteroatoms. The zero-order valence-electron chi connectivity index (χ0n) is 16.8. The second kappa shape index (κ2) is 9.76. The summed E-state index contributed by atoms with van der Waals surface area (Å²) < 4.78 is 5.13. The van der Waals surface area contributed by atoms with Crippen molar-refractivity contribution in [1.29, 1.82) is 0 Å². The van der Waals surface area contributed by atoms with Gasteiger partial charge in [0.05, 0.1) is 0 Å². The number of piperidine rings is 1. The van der Waals surface area contributed by atoms with E-state index in [2.05, 4.69) is 10.6 Å². The van der Waals surface area contributed by atoms with Gasteiger partial charge < -0.3 is 20.3 Å². The highest BCUT2D eigenvalue weighted by Crippen LogP contribution is 2.24. The van der Waals surface area contributed by atoms with Crippen molar-refractivity contribution >= 4 is 17.9 Å². The molecule has 0 bridgehead atoms. The molecule has 1 saturated heterocycles. The van der Waals surface area contributed by atoms with Crippen LogP contribution in [-0.2, 0) is 14.3 Å². The first kappa shape index (κ1) is 21.3. The number of likely N-dealkylation sites (tertiary alicyclic amines) is 1. The maximum atomic E-state index is 12.3. The van der Waals surface area contributed by atoms with Crippen LogP contribution in [0.3, 0.4) is 0 Å². The molecule has 2 fully saturated rings. The van der Waals surface area contributed by atoms with Crippen molar-refractivity contribution in [3.8, 4) is 0 Å². The first-order valence-electron chi connectivity index (χ1n) is 9.97. The van der Waals surface area contributed by atoms with E-state index in [1.54, 1.807) is 20.8 Å². The van der Waals surface area contributed by atoms with E-state index in [0.717, 1.165) is 25.7 Å². The fourth-order valence-corrected chi connectivity index (χ4v) is 3.38. The van der Waals surface area contributed by atoms with E-state index in [0.29, 0.717) is 13.1 Å². The minimum absolute atomic E-state index is 0.0854. The van der Waals surface area contributed by atoms with Gasteiger partial charge in [-0.05, 0) is 59.3 Å². The monoisotopic (exact) mass is 379 g/mol. The second-order valence-electron chi connectivity index (χ2n) is 8.36. The number of carbonyl (C=O) groups is 3. The zero-order valence-corrected chi connectivity index (χ0v) is 16.8. The molecule has 0 aromatic heterocycles. The Labute approximate surface area is 161 Å². The molecule has 7 nitrogen and oxygen atoms in total. The van der Waals surface area contributed by atoms with E-state index in [4.69, 9.17) is 4.74 Å². The van der Waals surface area contributed by atoms with Crippen LogP contribution in [0.4, 0.5) is 4.79 Å². The van der Waals surface area contributed by atoms with Crippen LogP contribution in [0, 0.1) is 0 Å². The van der Waals surface area contributed by atoms with E-state index in [1.165, 1.54) is 18.4 Å². The van der Waals surface area contributed by atoms with Gasteiger partial charge in [-0.25, -0.2) is 4.79 Å². The Kier molecular flexibility index (Phi) is 7.68. The number of ether oxygens (including phenoxy) is 1. The summed E-state index contributed by atoms with van der Waals surface area (Å²) in [7, 11) is 0. The zero-order chi connectivity index (χ0) is 19.9. The van der Waals surface area contributed by atoms with Gasteiger partial charge in [-0.1, -0.05) is 5.57 Å². The average molecular weight is 380 g/mol. The highest BCUT2D eigenvalue weighted by Gasteiger charge is 2.23. The van der Waals surface area contributed by atoms with Gasteiger partial charge in [-0.15, -0.1) is 0 Å². The van der Waals surface area contributed by atoms with Gasteiger partial charge in [0.25, 0.3) is 0 Å². The molecular weight excluding hydrogens is 346 g/mol. The molecule has 2 aliphatic rings. The van der Waals surface area contributed by atoms with E-state index in [-0.39, 0.29) is 30.8 Å². The highest BCUT2D eigenvalue weighted by atomic mass is 16.6. The lowest BCUT2D eigenvalue weighted by atomic mass is 10.0. The van der Waals surface area contributed by atoms with E-state index in [1.807, 2.05) is 11.0 Å². The topological polar surface area (TPSA) is 87.7 Å². The minimum Gasteiger partial charge on any atom is -0.444 e. The molecule has 2 rings (SSSR count). The molecule has 0 unspecified atom stereocenters. The Balaban J connectivity index is 1.62. The third-order valence-corrected chi connectivity index (χ3v) is 4.77. The summed E-state index contributed by atoms with van der Waals surface area (Å²) in [6.45, 7) is 6.96. The number of nitrogens with one attached hydrogen (secondary N) is 2. The summed E-state index contributed by atoms with van der Waals surface area (Å²) in [5.74, 6) is 0.0159. The smallest absolute Gasteiger partial charge is 0.407 e. The van der Waals surface area contributed by atoms with Crippen molar-refractivity contribution in [2.75, 3.05) is 19.6 Å². The molecule has 2 N–H and O–H groups in total. The molecule has 0 aromatic carbocycles. The predicted octanol–water partition coefficient (Wildman–Crippen LogP) is 2.51. The van der Waals surface area contributed by atoms with Crippen LogP contribution in [0.1, 0.15) is 65.7 Å². The second-order valence-corrected chi connectivity index (χ2v) is 8.36. The Hall–Kier alpha value is -2.05. The van der Waals surface area contributed by atoms with Gasteiger partial charge in [0.15, 0.2) is 0 Å². The number of alkyl carbamates (subject to hydrolysis) is 1. The van der Waals surface area contributed by atoms with Gasteiger partial charge in [-0.2, -0.15) is 0 Å². The van der Waals surface area contributed by atoms with Gasteiger partial charge in [0, 0.05) is 38.2 Å². The summed E-state index contributed by atoms with van der Waals surface area (Å²) in [4.78, 5) is 37.7. The highest BCUT2D eigenvalue weighted by molar-refractivity contribution is 5.88. The number of amides is 3. The molecule has 27 heavy (non-hydrogen) atoms. The Morgan fingerprint density at radius 3 is 2.37 bits per heavy atom. The fraction of sp³-hybridized carbons (Fsp3) is 0.750. The van der Waals surface area contributed by atoms with Crippen LogP contribution in [0.15, 0.2) is 11.6 Å². The number of allylic oxidation sites excluding steroid dienone is 1. The van der Waals surface area contributed by atoms with Crippen LogP contribution in [-0.4, -0.2) is 54.1 Å². The number of carbonyl (C=O) groups excluding carboxylic acids is 3. The van der Waals surface area contributed by atoms with Gasteiger partial charge in [0.2, 0.25) is 11.8 Å². The quantitative estimate of drug-likeness (QED) is 0.719. The third-order valence-electron chi connectivity index (χ3n) is 4.77. The Bertz CT molecular complexity index is 564. The SMILES string of the molecule is CC(C)(C)OC(=O)NCCC(=O)NC1CCN(C(=O)C=C2CCCC2)CC1. The number of hydrogen-bond donors (Lipinski definition) is 2. The number of rotatable bonds is 5. The number of nitrogens with zero attached hydrogens (tertiary/aromatic N) is 1. The minimum atomic E-state index is -0.550.